The molecule has 36 heteroatoms. The number of aryl methyl sites for hydroxylation is 3. The van der Waals surface area contributed by atoms with Crippen LogP contribution in [0.5, 0.6) is 0 Å². The quantitative estimate of drug-likeness (QED) is 0.0428. The van der Waals surface area contributed by atoms with Crippen molar-refractivity contribution in [2.75, 3.05) is 46.0 Å². The molecule has 0 spiro atoms. The largest absolute Gasteiger partial charge is 0.412 e. The fourth-order valence-electron chi connectivity index (χ4n) is 7.54. The number of Topliss-reactive ketones (excluding diaryl/α,β-unsaturated/α-hetero) is 2. The number of H-pyrrole nitrogens is 3. The number of alkyl halides is 1. The molecule has 2 amide bonds. The number of hydrogen-bond acceptors (Lipinski definition) is 21. The molecule has 8 rings (SSSR count). The maximum atomic E-state index is 11.7. The molecule has 0 radical (unpaired) electrons. The first-order valence-corrected chi connectivity index (χ1v) is 34.4. The fraction of sp³-hybridized carbons (Fsp3) is 0.614. The van der Waals surface area contributed by atoms with Crippen LogP contribution >= 0.6 is 125 Å². The predicted molar refractivity (Wildman–Crippen MR) is 389 cm³/mol. The van der Waals surface area contributed by atoms with E-state index in [1.807, 2.05) is 168 Å². The summed E-state index contributed by atoms with van der Waals surface area (Å²) in [6.45, 7) is 18.3. The number of aromatic amines is 3. The van der Waals surface area contributed by atoms with Gasteiger partial charge in [-0.3, -0.25) is 62.2 Å². The van der Waals surface area contributed by atoms with E-state index in [9.17, 15) is 53.1 Å². The predicted octanol–water partition coefficient (Wildman–Crippen LogP) is 3.57. The lowest BCUT2D eigenvalue weighted by molar-refractivity contribution is -0.141. The molecule has 0 saturated carbocycles. The molecule has 5 unspecified atom stereocenters. The van der Waals surface area contributed by atoms with Crippen LogP contribution in [0.1, 0.15) is 113 Å². The number of carbonyl (C=O) groups excluding carboxylic acids is 4. The Morgan fingerprint density at radius 3 is 1.30 bits per heavy atom. The zero-order valence-electron chi connectivity index (χ0n) is 53.2. The van der Waals surface area contributed by atoms with Gasteiger partial charge in [-0.2, -0.15) is 0 Å². The smallest absolute Gasteiger partial charge is 0.328 e. The average Bonchev–Trinajstić information content (AvgIpc) is 2.01. The minimum absolute atomic E-state index is 0. The maximum Gasteiger partial charge on any atom is 0.328 e. The van der Waals surface area contributed by atoms with Gasteiger partial charge in [0.2, 0.25) is 11.8 Å². The molecule has 528 valence electrons. The van der Waals surface area contributed by atoms with E-state index < -0.39 is 52.2 Å². The normalized spacial score (nSPS) is 19.2. The van der Waals surface area contributed by atoms with Gasteiger partial charge in [0.25, 0.3) is 16.7 Å². The van der Waals surface area contributed by atoms with Crippen LogP contribution in [0.2, 0.25) is 0 Å². The summed E-state index contributed by atoms with van der Waals surface area (Å²) in [7, 11) is 0. The molecule has 93 heavy (non-hydrogen) atoms. The number of amides is 2. The second kappa shape index (κ2) is 46.9. The van der Waals surface area contributed by atoms with Crippen molar-refractivity contribution >= 4 is 148 Å². The van der Waals surface area contributed by atoms with Gasteiger partial charge in [0, 0.05) is 76.6 Å². The Morgan fingerprint density at radius 1 is 0.602 bits per heavy atom. The summed E-state index contributed by atoms with van der Waals surface area (Å²) in [5.74, 6) is 0.350. The number of rotatable bonds is 16. The molecule has 30 nitrogen and oxygen atoms in total. The Labute approximate surface area is 611 Å². The van der Waals surface area contributed by atoms with Crippen molar-refractivity contribution in [3.8, 4) is 12.3 Å². The third-order valence-electron chi connectivity index (χ3n) is 12.3. The topological polar surface area (TPSA) is 451 Å². The first-order chi connectivity index (χ1) is 42.6. The van der Waals surface area contributed by atoms with Crippen LogP contribution in [0.25, 0.3) is 0 Å². The van der Waals surface area contributed by atoms with Gasteiger partial charge in [-0.15, -0.1) is 23.9 Å². The molecule has 8 heterocycles. The van der Waals surface area contributed by atoms with E-state index in [4.69, 9.17) is 50.2 Å². The third kappa shape index (κ3) is 36.8. The first kappa shape index (κ1) is 91.9. The van der Waals surface area contributed by atoms with Gasteiger partial charge in [-0.05, 0) is 193 Å². The van der Waals surface area contributed by atoms with E-state index in [1.54, 1.807) is 17.3 Å². The number of allylic oxidation sites excluding steroid dienone is 2. The van der Waals surface area contributed by atoms with Crippen LogP contribution in [0, 0.1) is 23.1 Å². The molecule has 5 aliphatic rings. The molecular formula is C57H87ClI5N9O21. The van der Waals surface area contributed by atoms with Crippen molar-refractivity contribution in [2.45, 2.75) is 181 Å². The van der Waals surface area contributed by atoms with E-state index >= 15 is 0 Å². The number of ketones is 2. The van der Waals surface area contributed by atoms with Gasteiger partial charge in [0.15, 0.2) is 28.9 Å². The summed E-state index contributed by atoms with van der Waals surface area (Å²) in [4.78, 5) is 120. The lowest BCUT2D eigenvalue weighted by atomic mass is 10.1. The van der Waals surface area contributed by atoms with Gasteiger partial charge in [0.05, 0.1) is 87.7 Å². The van der Waals surface area contributed by atoms with Crippen molar-refractivity contribution in [3.05, 3.63) is 111 Å². The molecular weight excluding hydrogens is 1820 g/mol. The minimum atomic E-state index is -0.846. The zero-order chi connectivity index (χ0) is 69.4. The van der Waals surface area contributed by atoms with Crippen LogP contribution < -0.4 is 45.2 Å². The van der Waals surface area contributed by atoms with Crippen molar-refractivity contribution in [1.82, 2.24) is 45.0 Å². The molecule has 3 saturated heterocycles. The molecule has 3 fully saturated rings. The molecule has 3 aromatic heterocycles. The number of aliphatic hydroxyl groups is 4. The standard InChI is InChI=1S/C12H16INO4.C11H15IN2O4.C9H13IN2O3.C8H11IN2O4.C7H14O3.C5H4INO2.C4H6.CH3Cl.H3N.H2O/c1-12(2)17-7-8(18-12)3-4-14-6-9(13)10(15)5-11(14)16;1-11(2)17-6-7(18-11)3-4-14-5-8(12)9(15)13-10(14)16;1-2-6(13)3-4-12-5-7(10)8(14)11-9(12)15;9-6-3-11(2-1-5(13)4-12)8(15)10-7(6)14;1-7(2)9-5-6(10-7)3-4-8;6-3-2-7-5(9)1-4(3)8;1-3-4-2;1-2;;/h6,8H,3-5,7H2,1-2H3;5,7H,3-4,6H2,1-2H3,(H,13,15,16);5-6,13H,2-4H2,1H3,(H,11,14,15);3,5,12-13H,1-2,4H2,(H,10,14,15);6,8H,3-5H2,1-2H3;2H,1H2,(H,7,9);1H,4H2,2H3;1H3;1H3;1H2. The number of halogens is 6. The molecule has 5 atom stereocenters. The van der Waals surface area contributed by atoms with E-state index in [2.05, 4.69) is 37.8 Å². The summed E-state index contributed by atoms with van der Waals surface area (Å²) in [6.07, 6.45) is 16.9. The molecule has 13 N–H and O–H groups in total. The fourth-order valence-corrected chi connectivity index (χ4v) is 9.83. The van der Waals surface area contributed by atoms with Gasteiger partial charge < -0.3 is 70.7 Å². The Hall–Kier alpha value is -3.18. The Bertz CT molecular complexity index is 3220. The molecule has 3 aromatic rings. The van der Waals surface area contributed by atoms with Gasteiger partial charge in [-0.1, -0.05) is 13.8 Å². The second-order valence-electron chi connectivity index (χ2n) is 21.1. The number of aliphatic hydroxyl groups excluding tert-OH is 4. The van der Waals surface area contributed by atoms with E-state index in [-0.39, 0.29) is 103 Å². The summed E-state index contributed by atoms with van der Waals surface area (Å²) < 4.78 is 39.7. The summed E-state index contributed by atoms with van der Waals surface area (Å²) in [6, 6.07) is 0. The van der Waals surface area contributed by atoms with Crippen LogP contribution in [-0.4, -0.2) is 177 Å². The van der Waals surface area contributed by atoms with Crippen molar-refractivity contribution in [3.63, 3.8) is 0 Å². The molecule has 0 aliphatic carbocycles. The third-order valence-corrected chi connectivity index (χ3v) is 16.4. The SMILES string of the molecule is C#CCC.CC1(C)OCC(CCN2C=C(I)C(=O)CC2=O)O1.CC1(C)OCC(CCO)O1.CC1(C)OCC(CCn2cc(I)c(=O)[nH]c2=O)O1.CCC(O)CCn1cc(I)c(=O)[nH]c1=O.CCl.N.O.O=C1CC(=O)C(I)=CN1.O=c1[nH]c(=O)n(CCC(O)CO)cc1I. The number of hydrogen-bond donors (Lipinski definition) is 9. The highest BCUT2D eigenvalue weighted by Gasteiger charge is 2.35. The lowest BCUT2D eigenvalue weighted by Crippen LogP contribution is -2.34. The highest BCUT2D eigenvalue weighted by atomic mass is 127. The minimum Gasteiger partial charge on any atom is -0.412 e. The number of terminal acetylenes is 1. The van der Waals surface area contributed by atoms with Crippen LogP contribution in [0.15, 0.2) is 66.9 Å². The van der Waals surface area contributed by atoms with Crippen LogP contribution in [0.3, 0.4) is 0 Å². The highest BCUT2D eigenvalue weighted by Crippen LogP contribution is 2.27. The first-order valence-electron chi connectivity index (χ1n) is 28.3. The summed E-state index contributed by atoms with van der Waals surface area (Å²) in [5.41, 5.74) is -2.46. The molecule has 0 aromatic carbocycles. The number of ether oxygens (including phenoxy) is 6. The van der Waals surface area contributed by atoms with Crippen molar-refractivity contribution < 1.29 is 73.5 Å². The zero-order valence-corrected chi connectivity index (χ0v) is 64.7. The molecule has 0 bridgehead atoms. The number of nitrogens with zero attached hydrogens (tertiary/aromatic N) is 4. The second-order valence-corrected chi connectivity index (χ2v) is 26.9. The van der Waals surface area contributed by atoms with Gasteiger partial charge >= 0.3 is 17.1 Å². The van der Waals surface area contributed by atoms with Crippen LogP contribution in [0.4, 0.5) is 0 Å². The number of carbonyl (C=O) groups is 4. The van der Waals surface area contributed by atoms with E-state index in [0.717, 1.165) is 6.42 Å². The van der Waals surface area contributed by atoms with Crippen molar-refractivity contribution in [2.24, 2.45) is 0 Å². The highest BCUT2D eigenvalue weighted by molar-refractivity contribution is 14.1. The number of aromatic nitrogens is 6. The lowest BCUT2D eigenvalue weighted by Gasteiger charge is -2.24. The average molecular weight is 1900 g/mol. The number of nitrogens with one attached hydrogen (secondary N) is 4. The summed E-state index contributed by atoms with van der Waals surface area (Å²) >= 11 is 14.1. The van der Waals surface area contributed by atoms with Gasteiger partial charge in [-0.25, -0.2) is 14.4 Å². The Balaban J connectivity index is 0. The Morgan fingerprint density at radius 2 is 0.968 bits per heavy atom. The van der Waals surface area contributed by atoms with E-state index in [1.165, 1.54) is 38.7 Å². The van der Waals surface area contributed by atoms with Crippen molar-refractivity contribution in [1.29, 1.82) is 0 Å². The monoisotopic (exact) mass is 1900 g/mol. The Kier molecular flexibility index (Phi) is 46.4. The van der Waals surface area contributed by atoms with Crippen LogP contribution in [-0.2, 0) is 67.2 Å². The summed E-state index contributed by atoms with van der Waals surface area (Å²) in [5, 5.41) is 38.0. The maximum absolute atomic E-state index is 11.7. The molecule has 5 aliphatic heterocycles. The van der Waals surface area contributed by atoms with E-state index in [0.29, 0.717) is 89.4 Å². The van der Waals surface area contributed by atoms with Gasteiger partial charge in [0.1, 0.15) is 0 Å².